The summed E-state index contributed by atoms with van der Waals surface area (Å²) in [6, 6.07) is 4.01. The highest BCUT2D eigenvalue weighted by Gasteiger charge is 2.20. The molecule has 17 heavy (non-hydrogen) atoms. The van der Waals surface area contributed by atoms with Gasteiger partial charge in [-0.2, -0.15) is 0 Å². The van der Waals surface area contributed by atoms with Crippen LogP contribution in [0.5, 0.6) is 0 Å². The number of rotatable bonds is 3. The molecule has 0 amide bonds. The summed E-state index contributed by atoms with van der Waals surface area (Å²) in [6.07, 6.45) is 5.60. The van der Waals surface area contributed by atoms with Crippen molar-refractivity contribution in [3.63, 3.8) is 0 Å². The molecular formula is C13H16N4. The molecule has 0 aliphatic carbocycles. The van der Waals surface area contributed by atoms with Gasteiger partial charge in [-0.05, 0) is 19.1 Å². The second kappa shape index (κ2) is 4.30. The molecule has 0 spiro atoms. The molecule has 2 aromatic heterocycles. The highest BCUT2D eigenvalue weighted by Crippen LogP contribution is 2.20. The smallest absolute Gasteiger partial charge is 0.141 e. The van der Waals surface area contributed by atoms with Crippen LogP contribution in [-0.2, 0) is 6.54 Å². The lowest BCUT2D eigenvalue weighted by molar-refractivity contribution is 0.306. The van der Waals surface area contributed by atoms with Gasteiger partial charge in [0, 0.05) is 55.4 Å². The lowest BCUT2D eigenvalue weighted by atomic mass is 10.0. The molecule has 4 heteroatoms. The van der Waals surface area contributed by atoms with E-state index in [1.807, 2.05) is 18.5 Å². The first-order valence-electron chi connectivity index (χ1n) is 5.98. The van der Waals surface area contributed by atoms with Gasteiger partial charge in [-0.25, -0.2) is 4.98 Å². The Kier molecular flexibility index (Phi) is 2.65. The van der Waals surface area contributed by atoms with Gasteiger partial charge in [-0.1, -0.05) is 0 Å². The third-order valence-corrected chi connectivity index (χ3v) is 3.28. The van der Waals surface area contributed by atoms with E-state index >= 15 is 0 Å². The van der Waals surface area contributed by atoms with Crippen molar-refractivity contribution in [2.75, 3.05) is 13.1 Å². The number of pyridine rings is 1. The molecule has 1 N–H and O–H groups in total. The molecule has 0 aromatic carbocycles. The zero-order valence-corrected chi connectivity index (χ0v) is 9.93. The van der Waals surface area contributed by atoms with E-state index in [4.69, 9.17) is 0 Å². The summed E-state index contributed by atoms with van der Waals surface area (Å²) in [6.45, 7) is 5.39. The average Bonchev–Trinajstić information content (AvgIpc) is 2.66. The standard InChI is InChI=1S/C13H16N4/c1-10-5-16-13(12-3-2-4-14-8-12)17(10)9-11-6-15-7-11/h2-5,8,11,15H,6-7,9H2,1H3. The molecule has 3 rings (SSSR count). The van der Waals surface area contributed by atoms with E-state index in [0.29, 0.717) is 0 Å². The molecule has 2 aromatic rings. The molecule has 0 unspecified atom stereocenters. The predicted octanol–water partition coefficient (Wildman–Crippen LogP) is 1.47. The van der Waals surface area contributed by atoms with Crippen molar-refractivity contribution < 1.29 is 0 Å². The lowest BCUT2D eigenvalue weighted by Gasteiger charge is -2.28. The Bertz CT molecular complexity index is 499. The van der Waals surface area contributed by atoms with Crippen LogP contribution in [-0.4, -0.2) is 27.6 Å². The van der Waals surface area contributed by atoms with Crippen LogP contribution in [0.3, 0.4) is 0 Å². The molecule has 4 nitrogen and oxygen atoms in total. The Hall–Kier alpha value is -1.68. The summed E-state index contributed by atoms with van der Waals surface area (Å²) in [4.78, 5) is 8.66. The maximum Gasteiger partial charge on any atom is 0.141 e. The molecule has 88 valence electrons. The summed E-state index contributed by atoms with van der Waals surface area (Å²) < 4.78 is 2.29. The molecule has 0 atom stereocenters. The predicted molar refractivity (Wildman–Crippen MR) is 66.6 cm³/mol. The van der Waals surface area contributed by atoms with Crippen LogP contribution in [0.25, 0.3) is 11.4 Å². The first kappa shape index (κ1) is 10.5. The van der Waals surface area contributed by atoms with Gasteiger partial charge in [-0.3, -0.25) is 4.98 Å². The van der Waals surface area contributed by atoms with E-state index in [-0.39, 0.29) is 0 Å². The Morgan fingerprint density at radius 1 is 1.41 bits per heavy atom. The van der Waals surface area contributed by atoms with Crippen molar-refractivity contribution in [3.05, 3.63) is 36.4 Å². The van der Waals surface area contributed by atoms with Crippen molar-refractivity contribution in [2.45, 2.75) is 13.5 Å². The number of aryl methyl sites for hydroxylation is 1. The summed E-state index contributed by atoms with van der Waals surface area (Å²) in [5.41, 5.74) is 2.31. The number of nitrogens with zero attached hydrogens (tertiary/aromatic N) is 3. The molecule has 0 saturated carbocycles. The Labute approximate surface area is 101 Å². The van der Waals surface area contributed by atoms with Crippen LogP contribution in [0.1, 0.15) is 5.69 Å². The van der Waals surface area contributed by atoms with Crippen molar-refractivity contribution in [1.82, 2.24) is 19.9 Å². The van der Waals surface area contributed by atoms with Crippen molar-refractivity contribution in [1.29, 1.82) is 0 Å². The van der Waals surface area contributed by atoms with Crippen LogP contribution in [0, 0.1) is 12.8 Å². The van der Waals surface area contributed by atoms with E-state index in [1.165, 1.54) is 5.69 Å². The third kappa shape index (κ3) is 1.96. The van der Waals surface area contributed by atoms with Gasteiger partial charge in [0.1, 0.15) is 5.82 Å². The quantitative estimate of drug-likeness (QED) is 0.865. The Morgan fingerprint density at radius 3 is 2.94 bits per heavy atom. The Balaban J connectivity index is 1.94. The van der Waals surface area contributed by atoms with E-state index in [9.17, 15) is 0 Å². The molecule has 0 radical (unpaired) electrons. The van der Waals surface area contributed by atoms with Crippen LogP contribution in [0.15, 0.2) is 30.7 Å². The second-order valence-electron chi connectivity index (χ2n) is 4.60. The van der Waals surface area contributed by atoms with Gasteiger partial charge in [0.25, 0.3) is 0 Å². The van der Waals surface area contributed by atoms with Crippen LogP contribution >= 0.6 is 0 Å². The first-order valence-corrected chi connectivity index (χ1v) is 5.98. The lowest BCUT2D eigenvalue weighted by Crippen LogP contribution is -2.44. The second-order valence-corrected chi connectivity index (χ2v) is 4.60. The van der Waals surface area contributed by atoms with E-state index in [2.05, 4.69) is 32.8 Å². The van der Waals surface area contributed by atoms with Gasteiger partial charge >= 0.3 is 0 Å². The Morgan fingerprint density at radius 2 is 2.29 bits per heavy atom. The van der Waals surface area contributed by atoms with Crippen molar-refractivity contribution >= 4 is 0 Å². The van der Waals surface area contributed by atoms with Crippen LogP contribution in [0.4, 0.5) is 0 Å². The van der Waals surface area contributed by atoms with Crippen molar-refractivity contribution in [3.8, 4) is 11.4 Å². The van der Waals surface area contributed by atoms with Gasteiger partial charge in [0.2, 0.25) is 0 Å². The van der Waals surface area contributed by atoms with Crippen LogP contribution < -0.4 is 5.32 Å². The monoisotopic (exact) mass is 228 g/mol. The number of hydrogen-bond donors (Lipinski definition) is 1. The van der Waals surface area contributed by atoms with E-state index in [0.717, 1.165) is 36.9 Å². The first-order chi connectivity index (χ1) is 8.34. The summed E-state index contributed by atoms with van der Waals surface area (Å²) in [5.74, 6) is 1.76. The third-order valence-electron chi connectivity index (χ3n) is 3.28. The summed E-state index contributed by atoms with van der Waals surface area (Å²) in [7, 11) is 0. The van der Waals surface area contributed by atoms with Gasteiger partial charge < -0.3 is 9.88 Å². The topological polar surface area (TPSA) is 42.7 Å². The zero-order valence-electron chi connectivity index (χ0n) is 9.93. The highest BCUT2D eigenvalue weighted by atomic mass is 15.1. The fourth-order valence-electron chi connectivity index (χ4n) is 2.15. The fourth-order valence-corrected chi connectivity index (χ4v) is 2.15. The van der Waals surface area contributed by atoms with E-state index < -0.39 is 0 Å². The summed E-state index contributed by atoms with van der Waals surface area (Å²) in [5, 5.41) is 3.31. The van der Waals surface area contributed by atoms with Gasteiger partial charge in [-0.15, -0.1) is 0 Å². The number of imidazole rings is 1. The average molecular weight is 228 g/mol. The molecular weight excluding hydrogens is 212 g/mol. The number of nitrogens with one attached hydrogen (secondary N) is 1. The van der Waals surface area contributed by atoms with Crippen LogP contribution in [0.2, 0.25) is 0 Å². The molecule has 3 heterocycles. The largest absolute Gasteiger partial charge is 0.328 e. The minimum Gasteiger partial charge on any atom is -0.328 e. The van der Waals surface area contributed by atoms with E-state index in [1.54, 1.807) is 6.20 Å². The normalized spacial score (nSPS) is 15.8. The minimum absolute atomic E-state index is 0.735. The maximum atomic E-state index is 4.50. The summed E-state index contributed by atoms with van der Waals surface area (Å²) >= 11 is 0. The fraction of sp³-hybridized carbons (Fsp3) is 0.385. The molecule has 1 fully saturated rings. The molecule has 1 aliphatic rings. The van der Waals surface area contributed by atoms with Crippen molar-refractivity contribution in [2.24, 2.45) is 5.92 Å². The maximum absolute atomic E-state index is 4.50. The highest BCUT2D eigenvalue weighted by molar-refractivity contribution is 5.54. The minimum atomic E-state index is 0.735. The SMILES string of the molecule is Cc1cnc(-c2cccnc2)n1CC1CNC1. The number of hydrogen-bond acceptors (Lipinski definition) is 3. The molecule has 0 bridgehead atoms. The zero-order chi connectivity index (χ0) is 11.7. The number of aromatic nitrogens is 3. The van der Waals surface area contributed by atoms with Gasteiger partial charge in [0.05, 0.1) is 0 Å². The molecule has 1 aliphatic heterocycles. The molecule has 1 saturated heterocycles. The van der Waals surface area contributed by atoms with Gasteiger partial charge in [0.15, 0.2) is 0 Å².